The first-order valence-electron chi connectivity index (χ1n) is 9.61. The number of ether oxygens (including phenoxy) is 1. The van der Waals surface area contributed by atoms with E-state index in [0.29, 0.717) is 12.0 Å². The number of methoxy groups -OCH3 is 1. The fourth-order valence-corrected chi connectivity index (χ4v) is 4.07. The van der Waals surface area contributed by atoms with E-state index in [2.05, 4.69) is 59.9 Å². The molecule has 0 bridgehead atoms. The highest BCUT2D eigenvalue weighted by molar-refractivity contribution is 5.36. The molecule has 0 aromatic heterocycles. The topological polar surface area (TPSA) is 51.8 Å². The molecule has 6 heteroatoms. The monoisotopic (exact) mass is 351 g/mol. The molecule has 3 atom stereocenters. The molecule has 2 rings (SSSR count). The maximum absolute atomic E-state index is 5.95. The molecule has 1 saturated heterocycles. The molecule has 0 radical (unpaired) electrons. The summed E-state index contributed by atoms with van der Waals surface area (Å²) in [5.74, 6) is 0.400. The Morgan fingerprint density at radius 1 is 1.32 bits per heavy atom. The van der Waals surface area contributed by atoms with Crippen LogP contribution in [0.15, 0.2) is 23.0 Å². The van der Waals surface area contributed by atoms with Crippen molar-refractivity contribution in [1.29, 1.82) is 0 Å². The van der Waals surface area contributed by atoms with E-state index in [1.54, 1.807) is 0 Å². The molecule has 2 aliphatic rings. The lowest BCUT2D eigenvalue weighted by Gasteiger charge is -2.43. The van der Waals surface area contributed by atoms with Crippen molar-refractivity contribution < 1.29 is 4.74 Å². The Morgan fingerprint density at radius 2 is 2.00 bits per heavy atom. The number of hydrogen-bond donors (Lipinski definition) is 3. The quantitative estimate of drug-likeness (QED) is 0.571. The smallest absolute Gasteiger partial charge is 0.103 e. The van der Waals surface area contributed by atoms with Crippen LogP contribution in [0.3, 0.4) is 0 Å². The molecule has 0 amide bonds. The van der Waals surface area contributed by atoms with Crippen molar-refractivity contribution in [1.82, 2.24) is 26.0 Å². The molecule has 2 aliphatic heterocycles. The van der Waals surface area contributed by atoms with Crippen LogP contribution in [0.2, 0.25) is 0 Å². The zero-order valence-corrected chi connectivity index (χ0v) is 16.9. The van der Waals surface area contributed by atoms with Gasteiger partial charge >= 0.3 is 0 Å². The van der Waals surface area contributed by atoms with Crippen LogP contribution in [-0.2, 0) is 4.74 Å². The minimum atomic E-state index is 0.0665. The number of hydrogen-bond acceptors (Lipinski definition) is 6. The van der Waals surface area contributed by atoms with Crippen LogP contribution >= 0.6 is 0 Å². The number of nitrogens with one attached hydrogen (secondary N) is 3. The first-order chi connectivity index (χ1) is 12.0. The predicted octanol–water partition coefficient (Wildman–Crippen LogP) is 1.15. The van der Waals surface area contributed by atoms with Crippen molar-refractivity contribution in [2.75, 3.05) is 53.4 Å². The zero-order valence-electron chi connectivity index (χ0n) is 16.9. The van der Waals surface area contributed by atoms with Gasteiger partial charge in [0, 0.05) is 64.3 Å². The van der Waals surface area contributed by atoms with Gasteiger partial charge in [0.15, 0.2) is 0 Å². The second kappa shape index (κ2) is 9.69. The Morgan fingerprint density at radius 3 is 2.56 bits per heavy atom. The van der Waals surface area contributed by atoms with E-state index in [1.807, 2.05) is 14.2 Å². The molecule has 0 aromatic carbocycles. The van der Waals surface area contributed by atoms with Crippen LogP contribution in [0.5, 0.6) is 0 Å². The summed E-state index contributed by atoms with van der Waals surface area (Å²) in [6, 6.07) is 0.406. The van der Waals surface area contributed by atoms with E-state index in [9.17, 15) is 0 Å². The Hall–Kier alpha value is -0.920. The van der Waals surface area contributed by atoms with Gasteiger partial charge in [-0.1, -0.05) is 6.92 Å². The minimum absolute atomic E-state index is 0.0665. The third-order valence-electron chi connectivity index (χ3n) is 5.54. The van der Waals surface area contributed by atoms with Gasteiger partial charge in [-0.2, -0.15) is 0 Å². The Bertz CT molecular complexity index is 484. The maximum Gasteiger partial charge on any atom is 0.103 e. The first kappa shape index (κ1) is 20.4. The van der Waals surface area contributed by atoms with E-state index < -0.39 is 0 Å². The van der Waals surface area contributed by atoms with Crippen LogP contribution in [-0.4, -0.2) is 75.4 Å². The summed E-state index contributed by atoms with van der Waals surface area (Å²) >= 11 is 0. The van der Waals surface area contributed by atoms with E-state index >= 15 is 0 Å². The van der Waals surface area contributed by atoms with Crippen LogP contribution in [0, 0.1) is 5.92 Å². The second-order valence-electron chi connectivity index (χ2n) is 7.09. The van der Waals surface area contributed by atoms with E-state index in [1.165, 1.54) is 16.8 Å². The lowest BCUT2D eigenvalue weighted by molar-refractivity contribution is 0.129. The van der Waals surface area contributed by atoms with Crippen LogP contribution in [0.4, 0.5) is 0 Å². The zero-order chi connectivity index (χ0) is 18.4. The summed E-state index contributed by atoms with van der Waals surface area (Å²) in [6.07, 6.45) is 2.40. The van der Waals surface area contributed by atoms with Crippen LogP contribution in [0.25, 0.3) is 0 Å². The highest BCUT2D eigenvalue weighted by atomic mass is 16.5. The number of likely N-dealkylation sites (N-methyl/N-ethyl adjacent to an activating group) is 1. The summed E-state index contributed by atoms with van der Waals surface area (Å²) in [5, 5.41) is 3.45. The second-order valence-corrected chi connectivity index (χ2v) is 7.09. The van der Waals surface area contributed by atoms with Gasteiger partial charge in [-0.15, -0.1) is 0 Å². The summed E-state index contributed by atoms with van der Waals surface area (Å²) in [5.41, 5.74) is 10.4. The molecule has 25 heavy (non-hydrogen) atoms. The molecule has 3 N–H and O–H groups in total. The SMILES string of the molecule is CCN1C=C([C@@H](C)CNNC)C(OC)C(C)=C1C(C)N1CCNCC1. The standard InChI is InChI=1S/C19H37N5O/c1-7-23-13-17(14(2)12-22-20-5)19(25-6)15(3)18(23)16(4)24-10-8-21-9-11-24/h13-14,16,19-22H,7-12H2,1-6H3/t14-,16?,19?/m0/s1. The summed E-state index contributed by atoms with van der Waals surface area (Å²) in [4.78, 5) is 5.01. The molecule has 0 aromatic rings. The maximum atomic E-state index is 5.95. The fraction of sp³-hybridized carbons (Fsp3) is 0.789. The van der Waals surface area contributed by atoms with Gasteiger partial charge in [-0.25, -0.2) is 0 Å². The van der Waals surface area contributed by atoms with E-state index in [0.717, 1.165) is 39.3 Å². The molecule has 2 heterocycles. The molecule has 6 nitrogen and oxygen atoms in total. The van der Waals surface area contributed by atoms with Crippen LogP contribution < -0.4 is 16.2 Å². The lowest BCUT2D eigenvalue weighted by Crippen LogP contribution is -2.51. The number of nitrogens with zero attached hydrogens (tertiary/aromatic N) is 2. The number of rotatable bonds is 8. The Balaban J connectivity index is 2.27. The van der Waals surface area contributed by atoms with Crippen molar-refractivity contribution in [2.45, 2.75) is 39.8 Å². The molecule has 0 spiro atoms. The average molecular weight is 352 g/mol. The van der Waals surface area contributed by atoms with Crippen molar-refractivity contribution in [3.05, 3.63) is 23.0 Å². The van der Waals surface area contributed by atoms with E-state index in [-0.39, 0.29) is 6.10 Å². The highest BCUT2D eigenvalue weighted by Gasteiger charge is 2.33. The highest BCUT2D eigenvalue weighted by Crippen LogP contribution is 2.34. The third kappa shape index (κ3) is 4.63. The molecule has 1 fully saturated rings. The van der Waals surface area contributed by atoms with Crippen molar-refractivity contribution in [3.63, 3.8) is 0 Å². The first-order valence-corrected chi connectivity index (χ1v) is 9.61. The van der Waals surface area contributed by atoms with Crippen molar-refractivity contribution in [3.8, 4) is 0 Å². The Kier molecular flexibility index (Phi) is 7.90. The molecular weight excluding hydrogens is 314 g/mol. The minimum Gasteiger partial charge on any atom is -0.373 e. The van der Waals surface area contributed by atoms with Crippen molar-refractivity contribution >= 4 is 0 Å². The van der Waals surface area contributed by atoms with E-state index in [4.69, 9.17) is 4.74 Å². The molecule has 0 saturated carbocycles. The predicted molar refractivity (Wildman–Crippen MR) is 104 cm³/mol. The summed E-state index contributed by atoms with van der Waals surface area (Å²) < 4.78 is 5.95. The lowest BCUT2D eigenvalue weighted by atomic mass is 9.87. The Labute approximate surface area is 153 Å². The van der Waals surface area contributed by atoms with Crippen molar-refractivity contribution in [2.24, 2.45) is 5.92 Å². The van der Waals surface area contributed by atoms with Gasteiger partial charge in [0.1, 0.15) is 6.10 Å². The van der Waals surface area contributed by atoms with Gasteiger partial charge in [0.2, 0.25) is 0 Å². The number of piperazine rings is 1. The van der Waals surface area contributed by atoms with Gasteiger partial charge in [-0.3, -0.25) is 15.8 Å². The normalized spacial score (nSPS) is 25.1. The summed E-state index contributed by atoms with van der Waals surface area (Å²) in [6.45, 7) is 15.3. The number of hydrazine groups is 1. The largest absolute Gasteiger partial charge is 0.373 e. The summed E-state index contributed by atoms with van der Waals surface area (Å²) in [7, 11) is 3.74. The molecule has 144 valence electrons. The molecular formula is C19H37N5O. The third-order valence-corrected chi connectivity index (χ3v) is 5.54. The average Bonchev–Trinajstić information content (AvgIpc) is 2.65. The van der Waals surface area contributed by atoms with Gasteiger partial charge in [-0.05, 0) is 44.9 Å². The van der Waals surface area contributed by atoms with Gasteiger partial charge in [0.05, 0.1) is 0 Å². The molecule has 0 aliphatic carbocycles. The molecule has 2 unspecified atom stereocenters. The fourth-order valence-electron chi connectivity index (χ4n) is 4.07. The van der Waals surface area contributed by atoms with Gasteiger partial charge in [0.25, 0.3) is 0 Å². The van der Waals surface area contributed by atoms with Gasteiger partial charge < -0.3 is 15.0 Å². The van der Waals surface area contributed by atoms with Crippen LogP contribution in [0.1, 0.15) is 27.7 Å².